The van der Waals surface area contributed by atoms with Crippen LogP contribution in [-0.2, 0) is 9.59 Å². The molecule has 0 unspecified atom stereocenters. The van der Waals surface area contributed by atoms with Crippen molar-refractivity contribution in [1.29, 1.82) is 0 Å². The molecule has 0 aliphatic carbocycles. The molecule has 1 amide bonds. The van der Waals surface area contributed by atoms with E-state index in [0.29, 0.717) is 21.9 Å². The zero-order valence-corrected chi connectivity index (χ0v) is 12.6. The first kappa shape index (κ1) is 13.8. The number of thioether (sulfide) groups is 1. The fourth-order valence-corrected chi connectivity index (χ4v) is 4.06. The van der Waals surface area contributed by atoms with Crippen LogP contribution in [-0.4, -0.2) is 52.2 Å². The predicted molar refractivity (Wildman–Crippen MR) is 80.3 cm³/mol. The number of nitrogens with zero attached hydrogens (tertiary/aromatic N) is 5. The lowest BCUT2D eigenvalue weighted by atomic mass is 9.97. The molecule has 4 rings (SSSR count). The van der Waals surface area contributed by atoms with Gasteiger partial charge < -0.3 is 5.11 Å². The van der Waals surface area contributed by atoms with E-state index in [0.717, 1.165) is 0 Å². The molecule has 0 spiro atoms. The van der Waals surface area contributed by atoms with Crippen LogP contribution in [0.5, 0.6) is 0 Å². The second kappa shape index (κ2) is 4.81. The number of fused-ring (bicyclic) bond motifs is 1. The van der Waals surface area contributed by atoms with E-state index in [1.165, 1.54) is 29.2 Å². The largest absolute Gasteiger partial charge is 0.476 e. The minimum atomic E-state index is -1.14. The van der Waals surface area contributed by atoms with Crippen LogP contribution in [0.2, 0.25) is 0 Å². The molecule has 2 aliphatic heterocycles. The summed E-state index contributed by atoms with van der Waals surface area (Å²) in [6.07, 6.45) is 6.24. The molecule has 4 heterocycles. The Bertz CT molecular complexity index is 868. The molecule has 0 saturated carbocycles. The number of rotatable bonds is 3. The molecule has 2 aromatic rings. The number of aromatic amines is 1. The van der Waals surface area contributed by atoms with Crippen molar-refractivity contribution in [2.75, 3.05) is 0 Å². The van der Waals surface area contributed by atoms with Gasteiger partial charge in [-0.25, -0.2) is 9.78 Å². The molecular weight excluding hydrogens is 320 g/mol. The first-order valence-corrected chi connectivity index (χ1v) is 7.50. The summed E-state index contributed by atoms with van der Waals surface area (Å²) in [4.78, 5) is 29.3. The SMILES string of the molecule is CC(=C1C(=O)N2C(C(=O)O)=C(n3ccnc3)S[C@H]12)c1cn[nH]n1. The average molecular weight is 330 g/mol. The van der Waals surface area contributed by atoms with Gasteiger partial charge in [0.1, 0.15) is 16.1 Å². The zero-order valence-electron chi connectivity index (χ0n) is 11.8. The highest BCUT2D eigenvalue weighted by atomic mass is 32.2. The van der Waals surface area contributed by atoms with Crippen molar-refractivity contribution in [3.8, 4) is 0 Å². The van der Waals surface area contributed by atoms with E-state index in [-0.39, 0.29) is 17.0 Å². The van der Waals surface area contributed by atoms with Crippen molar-refractivity contribution in [3.63, 3.8) is 0 Å². The summed E-state index contributed by atoms with van der Waals surface area (Å²) >= 11 is 1.30. The van der Waals surface area contributed by atoms with Gasteiger partial charge in [-0.15, -0.1) is 0 Å². The van der Waals surface area contributed by atoms with E-state index in [4.69, 9.17) is 0 Å². The third-order valence-corrected chi connectivity index (χ3v) is 5.04. The van der Waals surface area contributed by atoms with Crippen molar-refractivity contribution in [2.24, 2.45) is 0 Å². The predicted octanol–water partition coefficient (Wildman–Crippen LogP) is 0.601. The van der Waals surface area contributed by atoms with Crippen molar-refractivity contribution >= 4 is 34.2 Å². The maximum absolute atomic E-state index is 12.5. The van der Waals surface area contributed by atoms with Gasteiger partial charge in [0.2, 0.25) is 0 Å². The fraction of sp³-hybridized carbons (Fsp3) is 0.154. The molecule has 2 aliphatic rings. The van der Waals surface area contributed by atoms with Crippen LogP contribution in [0, 0.1) is 0 Å². The number of imidazole rings is 1. The lowest BCUT2D eigenvalue weighted by Gasteiger charge is -2.37. The molecule has 2 N–H and O–H groups in total. The molecule has 9 nitrogen and oxygen atoms in total. The quantitative estimate of drug-likeness (QED) is 0.625. The Hall–Kier alpha value is -2.88. The summed E-state index contributed by atoms with van der Waals surface area (Å²) in [7, 11) is 0. The molecule has 2 aromatic heterocycles. The number of hydrogen-bond acceptors (Lipinski definition) is 6. The minimum Gasteiger partial charge on any atom is -0.476 e. The Morgan fingerprint density at radius 3 is 2.91 bits per heavy atom. The number of allylic oxidation sites excluding steroid dienone is 1. The molecule has 1 saturated heterocycles. The van der Waals surface area contributed by atoms with E-state index < -0.39 is 5.97 Å². The molecule has 0 radical (unpaired) electrons. The van der Waals surface area contributed by atoms with Crippen LogP contribution >= 0.6 is 11.8 Å². The van der Waals surface area contributed by atoms with Crippen LogP contribution < -0.4 is 0 Å². The van der Waals surface area contributed by atoms with Gasteiger partial charge in [-0.3, -0.25) is 14.3 Å². The number of carboxylic acid groups (broad SMARTS) is 1. The van der Waals surface area contributed by atoms with Gasteiger partial charge in [-0.2, -0.15) is 15.4 Å². The van der Waals surface area contributed by atoms with Crippen LogP contribution in [0.1, 0.15) is 12.6 Å². The fourth-order valence-electron chi connectivity index (χ4n) is 2.62. The zero-order chi connectivity index (χ0) is 16.1. The molecule has 0 bridgehead atoms. The summed E-state index contributed by atoms with van der Waals surface area (Å²) < 4.78 is 1.60. The maximum atomic E-state index is 12.5. The van der Waals surface area contributed by atoms with E-state index in [1.807, 2.05) is 0 Å². The van der Waals surface area contributed by atoms with Crippen LogP contribution in [0.25, 0.3) is 10.6 Å². The number of β-lactam (4-membered cyclic amide) rings is 1. The van der Waals surface area contributed by atoms with Gasteiger partial charge >= 0.3 is 5.97 Å². The number of amides is 1. The number of H-pyrrole nitrogens is 1. The van der Waals surface area contributed by atoms with E-state index in [9.17, 15) is 14.7 Å². The van der Waals surface area contributed by atoms with Crippen LogP contribution in [0.4, 0.5) is 0 Å². The topological polar surface area (TPSA) is 117 Å². The first-order chi connectivity index (χ1) is 11.1. The van der Waals surface area contributed by atoms with E-state index in [1.54, 1.807) is 23.9 Å². The standard InChI is InChI=1S/C13H10N6O3S/c1-6(7-4-15-17-16-7)8-10(20)19-9(13(21)22)12(23-11(8)19)18-3-2-14-5-18/h2-5,11H,1H3,(H,21,22)(H,15,16,17)/t11-/m1/s1. The Kier molecular flexibility index (Phi) is 2.88. The third kappa shape index (κ3) is 1.84. The summed E-state index contributed by atoms with van der Waals surface area (Å²) in [5.41, 5.74) is 1.77. The van der Waals surface area contributed by atoms with Crippen LogP contribution in [0.3, 0.4) is 0 Å². The van der Waals surface area contributed by atoms with Gasteiger partial charge in [-0.05, 0) is 12.5 Å². The molecule has 10 heteroatoms. The highest BCUT2D eigenvalue weighted by Gasteiger charge is 2.54. The lowest BCUT2D eigenvalue weighted by Crippen LogP contribution is -2.51. The molecule has 23 heavy (non-hydrogen) atoms. The van der Waals surface area contributed by atoms with Gasteiger partial charge in [0.25, 0.3) is 5.91 Å². The number of carbonyl (C=O) groups is 2. The minimum absolute atomic E-state index is 0.0281. The van der Waals surface area contributed by atoms with E-state index in [2.05, 4.69) is 20.4 Å². The van der Waals surface area contributed by atoms with Crippen molar-refractivity contribution < 1.29 is 14.7 Å². The monoisotopic (exact) mass is 330 g/mol. The highest BCUT2D eigenvalue weighted by molar-refractivity contribution is 8.09. The average Bonchev–Trinajstić information content (AvgIpc) is 3.25. The number of hydrogen-bond donors (Lipinski definition) is 2. The van der Waals surface area contributed by atoms with Gasteiger partial charge in [0.15, 0.2) is 5.70 Å². The number of aromatic nitrogens is 5. The number of carbonyl (C=O) groups excluding carboxylic acids is 1. The summed E-state index contributed by atoms with van der Waals surface area (Å²) in [6, 6.07) is 0. The molecule has 0 aromatic carbocycles. The van der Waals surface area contributed by atoms with Crippen molar-refractivity contribution in [1.82, 2.24) is 29.9 Å². The second-order valence-electron chi connectivity index (χ2n) is 4.97. The van der Waals surface area contributed by atoms with Gasteiger partial charge in [0.05, 0.1) is 18.1 Å². The van der Waals surface area contributed by atoms with E-state index >= 15 is 0 Å². The maximum Gasteiger partial charge on any atom is 0.355 e. The lowest BCUT2D eigenvalue weighted by molar-refractivity contribution is -0.141. The van der Waals surface area contributed by atoms with Crippen molar-refractivity contribution in [2.45, 2.75) is 12.3 Å². The Morgan fingerprint density at radius 2 is 2.30 bits per heavy atom. The Labute approximate surface area is 133 Å². The molecular formula is C13H10N6O3S. The van der Waals surface area contributed by atoms with Gasteiger partial charge in [0, 0.05) is 12.4 Å². The number of aliphatic carboxylic acids is 1. The van der Waals surface area contributed by atoms with Crippen molar-refractivity contribution in [3.05, 3.63) is 41.9 Å². The van der Waals surface area contributed by atoms with Crippen LogP contribution in [0.15, 0.2) is 36.2 Å². The molecule has 116 valence electrons. The third-order valence-electron chi connectivity index (χ3n) is 3.74. The summed E-state index contributed by atoms with van der Waals surface area (Å²) in [5.74, 6) is -1.47. The summed E-state index contributed by atoms with van der Waals surface area (Å²) in [6.45, 7) is 1.78. The first-order valence-electron chi connectivity index (χ1n) is 6.62. The summed E-state index contributed by atoms with van der Waals surface area (Å²) in [5, 5.41) is 19.8. The van der Waals surface area contributed by atoms with Gasteiger partial charge in [-0.1, -0.05) is 11.8 Å². The Balaban J connectivity index is 1.78. The molecule has 1 atom stereocenters. The Morgan fingerprint density at radius 1 is 1.48 bits per heavy atom. The number of carboxylic acids is 1. The smallest absolute Gasteiger partial charge is 0.355 e. The number of nitrogens with one attached hydrogen (secondary N) is 1. The second-order valence-corrected chi connectivity index (χ2v) is 6.04. The molecule has 1 fully saturated rings. The normalized spacial score (nSPS) is 22.2. The highest BCUT2D eigenvalue weighted by Crippen LogP contribution is 2.52.